The maximum absolute atomic E-state index is 2.50. The van der Waals surface area contributed by atoms with Crippen molar-refractivity contribution in [1.29, 1.82) is 0 Å². The average molecular weight is 182 g/mol. The summed E-state index contributed by atoms with van der Waals surface area (Å²) in [7, 11) is 0. The van der Waals surface area contributed by atoms with Crippen LogP contribution in [0.5, 0.6) is 0 Å². The maximum Gasteiger partial charge on any atom is -0.0320 e. The van der Waals surface area contributed by atoms with Crippen LogP contribution in [-0.2, 0) is 0 Å². The molecule has 0 bridgehead atoms. The molecule has 1 saturated carbocycles. The Kier molecular flexibility index (Phi) is 3.43. The highest BCUT2D eigenvalue weighted by atomic mass is 14.5. The maximum atomic E-state index is 2.50. The minimum atomic E-state index is 0.648. The lowest BCUT2D eigenvalue weighted by Crippen LogP contribution is -2.20. The second-order valence-electron chi connectivity index (χ2n) is 5.80. The highest BCUT2D eigenvalue weighted by Gasteiger charge is 2.42. The quantitative estimate of drug-likeness (QED) is 0.554. The van der Waals surface area contributed by atoms with Gasteiger partial charge in [0.1, 0.15) is 0 Å². The first-order valence-electron chi connectivity index (χ1n) is 6.04. The third-order valence-corrected chi connectivity index (χ3v) is 3.66. The average Bonchev–Trinajstić information content (AvgIpc) is 2.67. The van der Waals surface area contributed by atoms with Crippen molar-refractivity contribution in [1.82, 2.24) is 0 Å². The third-order valence-electron chi connectivity index (χ3n) is 3.66. The van der Waals surface area contributed by atoms with Gasteiger partial charge in [-0.1, -0.05) is 40.5 Å². The predicted molar refractivity (Wildman–Crippen MR) is 59.9 cm³/mol. The van der Waals surface area contributed by atoms with E-state index in [1.54, 1.807) is 0 Å². The number of hydrogen-bond acceptors (Lipinski definition) is 0. The lowest BCUT2D eigenvalue weighted by molar-refractivity contribution is 0.196. The summed E-state index contributed by atoms with van der Waals surface area (Å²) >= 11 is 0. The zero-order valence-corrected chi connectivity index (χ0v) is 9.95. The molecule has 0 amide bonds. The van der Waals surface area contributed by atoms with E-state index < -0.39 is 0 Å². The lowest BCUT2D eigenvalue weighted by Gasteiger charge is -2.32. The molecule has 0 aromatic heterocycles. The van der Waals surface area contributed by atoms with Crippen molar-refractivity contribution in [2.45, 2.75) is 72.6 Å². The molecule has 0 heterocycles. The lowest BCUT2D eigenvalue weighted by atomic mass is 9.74. The Morgan fingerprint density at radius 3 is 1.85 bits per heavy atom. The van der Waals surface area contributed by atoms with Crippen molar-refractivity contribution >= 4 is 0 Å². The van der Waals surface area contributed by atoms with Gasteiger partial charge < -0.3 is 0 Å². The van der Waals surface area contributed by atoms with Gasteiger partial charge in [-0.25, -0.2) is 0 Å². The minimum absolute atomic E-state index is 0.648. The molecule has 13 heavy (non-hydrogen) atoms. The zero-order valence-electron chi connectivity index (χ0n) is 9.95. The van der Waals surface area contributed by atoms with Crippen molar-refractivity contribution in [2.24, 2.45) is 10.8 Å². The van der Waals surface area contributed by atoms with E-state index >= 15 is 0 Å². The Morgan fingerprint density at radius 2 is 1.54 bits per heavy atom. The monoisotopic (exact) mass is 182 g/mol. The molecule has 0 aromatic rings. The Hall–Kier alpha value is 0. The summed E-state index contributed by atoms with van der Waals surface area (Å²) in [5.74, 6) is 0. The van der Waals surface area contributed by atoms with Gasteiger partial charge in [0.15, 0.2) is 0 Å². The van der Waals surface area contributed by atoms with E-state index in [0.717, 1.165) is 5.41 Å². The summed E-state index contributed by atoms with van der Waals surface area (Å²) in [6, 6.07) is 0. The second kappa shape index (κ2) is 4.02. The molecule has 1 rings (SSSR count). The van der Waals surface area contributed by atoms with Crippen LogP contribution in [-0.4, -0.2) is 0 Å². The molecule has 0 aliphatic heterocycles. The van der Waals surface area contributed by atoms with Gasteiger partial charge in [-0.15, -0.1) is 0 Å². The molecule has 1 aliphatic rings. The molecule has 0 N–H and O–H groups in total. The van der Waals surface area contributed by atoms with E-state index in [9.17, 15) is 0 Å². The van der Waals surface area contributed by atoms with Crippen LogP contribution in [0.3, 0.4) is 0 Å². The van der Waals surface area contributed by atoms with Crippen LogP contribution >= 0.6 is 0 Å². The molecule has 0 nitrogen and oxygen atoms in total. The van der Waals surface area contributed by atoms with Crippen LogP contribution in [0.1, 0.15) is 72.6 Å². The van der Waals surface area contributed by atoms with Gasteiger partial charge in [0.2, 0.25) is 0 Å². The van der Waals surface area contributed by atoms with Crippen molar-refractivity contribution in [3.05, 3.63) is 0 Å². The molecule has 0 unspecified atom stereocenters. The molecular weight excluding hydrogens is 156 g/mol. The van der Waals surface area contributed by atoms with Crippen LogP contribution in [0.25, 0.3) is 0 Å². The first-order valence-corrected chi connectivity index (χ1v) is 6.04. The van der Waals surface area contributed by atoms with Crippen molar-refractivity contribution < 1.29 is 0 Å². The van der Waals surface area contributed by atoms with Crippen LogP contribution in [0, 0.1) is 10.8 Å². The Bertz CT molecular complexity index is 147. The van der Waals surface area contributed by atoms with Crippen LogP contribution in [0.2, 0.25) is 0 Å². The molecule has 0 radical (unpaired) electrons. The van der Waals surface area contributed by atoms with E-state index in [0.29, 0.717) is 5.41 Å². The first kappa shape index (κ1) is 11.1. The van der Waals surface area contributed by atoms with E-state index in [2.05, 4.69) is 27.7 Å². The minimum Gasteiger partial charge on any atom is -0.0654 e. The van der Waals surface area contributed by atoms with Crippen molar-refractivity contribution in [3.8, 4) is 0 Å². The summed E-state index contributed by atoms with van der Waals surface area (Å²) < 4.78 is 0. The van der Waals surface area contributed by atoms with Crippen LogP contribution in [0.15, 0.2) is 0 Å². The molecule has 0 atom stereocenters. The van der Waals surface area contributed by atoms with Crippen molar-refractivity contribution in [2.75, 3.05) is 0 Å². The Balaban J connectivity index is 2.44. The molecule has 0 saturated heterocycles. The van der Waals surface area contributed by atoms with Gasteiger partial charge in [0.05, 0.1) is 0 Å². The molecule has 78 valence electrons. The SMILES string of the molecule is CCCC(C)(CCC)CC1(C)CC1. The topological polar surface area (TPSA) is 0 Å². The van der Waals surface area contributed by atoms with Gasteiger partial charge in [0.25, 0.3) is 0 Å². The van der Waals surface area contributed by atoms with Gasteiger partial charge in [-0.2, -0.15) is 0 Å². The smallest absolute Gasteiger partial charge is 0.0320 e. The standard InChI is InChI=1S/C13H26/c1-5-7-12(3,8-6-2)11-13(4)9-10-13/h5-11H2,1-4H3. The molecule has 0 aromatic carbocycles. The molecule has 0 spiro atoms. The fraction of sp³-hybridized carbons (Fsp3) is 1.00. The summed E-state index contributed by atoms with van der Waals surface area (Å²) in [6.07, 6.45) is 10.00. The van der Waals surface area contributed by atoms with E-state index in [1.807, 2.05) is 0 Å². The third kappa shape index (κ3) is 3.32. The van der Waals surface area contributed by atoms with Gasteiger partial charge in [-0.05, 0) is 42.9 Å². The second-order valence-corrected chi connectivity index (χ2v) is 5.80. The zero-order chi connectivity index (χ0) is 9.95. The predicted octanol–water partition coefficient (Wildman–Crippen LogP) is 4.78. The van der Waals surface area contributed by atoms with Gasteiger partial charge >= 0.3 is 0 Å². The largest absolute Gasteiger partial charge is 0.0654 e. The summed E-state index contributed by atoms with van der Waals surface area (Å²) in [5.41, 5.74) is 1.38. The highest BCUT2D eigenvalue weighted by molar-refractivity contribution is 4.93. The van der Waals surface area contributed by atoms with Crippen LogP contribution in [0.4, 0.5) is 0 Å². The number of rotatable bonds is 6. The highest BCUT2D eigenvalue weighted by Crippen LogP contribution is 2.54. The first-order chi connectivity index (χ1) is 6.04. The van der Waals surface area contributed by atoms with E-state index in [-0.39, 0.29) is 0 Å². The Labute approximate surface area is 84.1 Å². The van der Waals surface area contributed by atoms with Gasteiger partial charge in [-0.3, -0.25) is 0 Å². The van der Waals surface area contributed by atoms with Gasteiger partial charge in [0, 0.05) is 0 Å². The summed E-state index contributed by atoms with van der Waals surface area (Å²) in [4.78, 5) is 0. The fourth-order valence-electron chi connectivity index (χ4n) is 2.93. The van der Waals surface area contributed by atoms with Crippen LogP contribution < -0.4 is 0 Å². The normalized spacial score (nSPS) is 20.3. The Morgan fingerprint density at radius 1 is 1.08 bits per heavy atom. The molecular formula is C13H26. The van der Waals surface area contributed by atoms with E-state index in [1.165, 1.54) is 44.9 Å². The summed E-state index contributed by atoms with van der Waals surface area (Å²) in [6.45, 7) is 9.62. The fourth-order valence-corrected chi connectivity index (χ4v) is 2.93. The number of hydrogen-bond donors (Lipinski definition) is 0. The summed E-state index contributed by atoms with van der Waals surface area (Å²) in [5, 5.41) is 0. The molecule has 1 aliphatic carbocycles. The van der Waals surface area contributed by atoms with E-state index in [4.69, 9.17) is 0 Å². The molecule has 0 heteroatoms. The van der Waals surface area contributed by atoms with Crippen molar-refractivity contribution in [3.63, 3.8) is 0 Å². The molecule has 1 fully saturated rings.